The van der Waals surface area contributed by atoms with E-state index in [9.17, 15) is 4.79 Å². The number of carbonyl (C=O) groups excluding carboxylic acids is 1. The molecule has 1 aromatic heterocycles. The van der Waals surface area contributed by atoms with Gasteiger partial charge in [-0.05, 0) is 24.3 Å². The van der Waals surface area contributed by atoms with Gasteiger partial charge in [0.25, 0.3) is 0 Å². The summed E-state index contributed by atoms with van der Waals surface area (Å²) < 4.78 is 1.68. The van der Waals surface area contributed by atoms with E-state index in [2.05, 4.69) is 5.10 Å². The van der Waals surface area contributed by atoms with Crippen LogP contribution in [-0.4, -0.2) is 15.6 Å². The fourth-order valence-corrected chi connectivity index (χ4v) is 2.35. The molecule has 0 N–H and O–H groups in total. The first-order valence-corrected chi connectivity index (χ1v) is 6.79. The third kappa shape index (κ3) is 2.42. The number of aromatic nitrogens is 2. The summed E-state index contributed by atoms with van der Waals surface area (Å²) in [5.41, 5.74) is 1.46. The second kappa shape index (κ2) is 5.27. The quantitative estimate of drug-likeness (QED) is 0.679. The van der Waals surface area contributed by atoms with Gasteiger partial charge in [0.05, 0.1) is 21.8 Å². The molecule has 0 spiro atoms. The molecule has 0 fully saturated rings. The number of nitrogens with zero attached hydrogens (tertiary/aromatic N) is 2. The molecule has 20 heavy (non-hydrogen) atoms. The van der Waals surface area contributed by atoms with E-state index in [4.69, 9.17) is 23.2 Å². The number of carbonyl (C=O) groups is 1. The first-order chi connectivity index (χ1) is 9.65. The van der Waals surface area contributed by atoms with E-state index in [1.807, 2.05) is 24.3 Å². The van der Waals surface area contributed by atoms with Crippen molar-refractivity contribution in [3.8, 4) is 0 Å². The van der Waals surface area contributed by atoms with Gasteiger partial charge >= 0.3 is 0 Å². The number of para-hydroxylation sites is 1. The fourth-order valence-electron chi connectivity index (χ4n) is 2.05. The minimum atomic E-state index is -0.0579. The average Bonchev–Trinajstić information content (AvgIpc) is 2.85. The molecule has 0 atom stereocenters. The molecule has 0 aliphatic rings. The van der Waals surface area contributed by atoms with Crippen molar-refractivity contribution in [2.24, 2.45) is 0 Å². The molecule has 2 aromatic carbocycles. The predicted molar refractivity (Wildman–Crippen MR) is 80.5 cm³/mol. The van der Waals surface area contributed by atoms with Gasteiger partial charge in [-0.25, -0.2) is 0 Å². The highest BCUT2D eigenvalue weighted by atomic mass is 35.5. The van der Waals surface area contributed by atoms with Crippen molar-refractivity contribution in [1.82, 2.24) is 9.78 Å². The molecule has 5 heteroatoms. The highest BCUT2D eigenvalue weighted by Crippen LogP contribution is 2.23. The minimum absolute atomic E-state index is 0.0579. The second-order valence-electron chi connectivity index (χ2n) is 4.41. The third-order valence-corrected chi connectivity index (χ3v) is 3.83. The Bertz CT molecular complexity index is 795. The van der Waals surface area contributed by atoms with E-state index in [1.165, 1.54) is 0 Å². The van der Waals surface area contributed by atoms with Gasteiger partial charge in [-0.15, -0.1) is 0 Å². The number of fused-ring (bicyclic) bond motifs is 1. The summed E-state index contributed by atoms with van der Waals surface area (Å²) in [5.74, 6) is -0.0579. The van der Waals surface area contributed by atoms with Crippen LogP contribution in [0.5, 0.6) is 0 Å². The Labute approximate surface area is 125 Å². The molecule has 3 nitrogen and oxygen atoms in total. The van der Waals surface area contributed by atoms with Crippen molar-refractivity contribution in [2.45, 2.75) is 6.54 Å². The van der Waals surface area contributed by atoms with Crippen LogP contribution in [0.25, 0.3) is 10.9 Å². The lowest BCUT2D eigenvalue weighted by Crippen LogP contribution is -2.11. The van der Waals surface area contributed by atoms with Gasteiger partial charge in [0.1, 0.15) is 6.54 Å². The van der Waals surface area contributed by atoms with Crippen LogP contribution in [-0.2, 0) is 6.54 Å². The Morgan fingerprint density at radius 2 is 1.90 bits per heavy atom. The summed E-state index contributed by atoms with van der Waals surface area (Å²) in [6.45, 7) is 0.172. The SMILES string of the molecule is O=C(Cn1ncc2ccccc21)c1ccc(Cl)c(Cl)c1. The van der Waals surface area contributed by atoms with Crippen LogP contribution in [0.15, 0.2) is 48.7 Å². The van der Waals surface area contributed by atoms with Gasteiger partial charge in [0.15, 0.2) is 5.78 Å². The number of rotatable bonds is 3. The highest BCUT2D eigenvalue weighted by Gasteiger charge is 2.11. The molecular weight excluding hydrogens is 295 g/mol. The largest absolute Gasteiger partial charge is 0.292 e. The van der Waals surface area contributed by atoms with Gasteiger partial charge in [-0.2, -0.15) is 5.10 Å². The lowest BCUT2D eigenvalue weighted by molar-refractivity contribution is 0.0969. The van der Waals surface area contributed by atoms with E-state index >= 15 is 0 Å². The maximum absolute atomic E-state index is 12.3. The van der Waals surface area contributed by atoms with Crippen LogP contribution in [0.2, 0.25) is 10.0 Å². The molecule has 0 saturated heterocycles. The van der Waals surface area contributed by atoms with E-state index in [1.54, 1.807) is 29.1 Å². The van der Waals surface area contributed by atoms with Gasteiger partial charge in [-0.1, -0.05) is 41.4 Å². The smallest absolute Gasteiger partial charge is 0.184 e. The van der Waals surface area contributed by atoms with Crippen LogP contribution in [0, 0.1) is 0 Å². The number of halogens is 2. The van der Waals surface area contributed by atoms with Gasteiger partial charge in [-0.3, -0.25) is 9.48 Å². The maximum atomic E-state index is 12.3. The number of hydrogen-bond donors (Lipinski definition) is 0. The summed E-state index contributed by atoms with van der Waals surface area (Å²) in [6.07, 6.45) is 1.75. The maximum Gasteiger partial charge on any atom is 0.184 e. The van der Waals surface area contributed by atoms with Gasteiger partial charge < -0.3 is 0 Å². The Hall–Kier alpha value is -1.84. The molecular formula is C15H10Cl2N2O. The lowest BCUT2D eigenvalue weighted by atomic mass is 10.1. The van der Waals surface area contributed by atoms with Gasteiger partial charge in [0, 0.05) is 10.9 Å². The van der Waals surface area contributed by atoms with Crippen molar-refractivity contribution in [3.63, 3.8) is 0 Å². The highest BCUT2D eigenvalue weighted by molar-refractivity contribution is 6.42. The van der Waals surface area contributed by atoms with Crippen LogP contribution in [0.4, 0.5) is 0 Å². The average molecular weight is 305 g/mol. The van der Waals surface area contributed by atoms with Crippen molar-refractivity contribution >= 4 is 39.9 Å². The van der Waals surface area contributed by atoms with Crippen LogP contribution in [0.1, 0.15) is 10.4 Å². The number of hydrogen-bond acceptors (Lipinski definition) is 2. The number of ketones is 1. The third-order valence-electron chi connectivity index (χ3n) is 3.09. The Balaban J connectivity index is 1.90. The Morgan fingerprint density at radius 1 is 1.10 bits per heavy atom. The van der Waals surface area contributed by atoms with Crippen molar-refractivity contribution in [1.29, 1.82) is 0 Å². The molecule has 0 amide bonds. The normalized spacial score (nSPS) is 10.9. The zero-order valence-electron chi connectivity index (χ0n) is 10.4. The zero-order chi connectivity index (χ0) is 14.1. The first-order valence-electron chi connectivity index (χ1n) is 6.04. The predicted octanol–water partition coefficient (Wildman–Crippen LogP) is 4.23. The van der Waals surface area contributed by atoms with Crippen LogP contribution >= 0.6 is 23.2 Å². The van der Waals surface area contributed by atoms with Crippen molar-refractivity contribution in [2.75, 3.05) is 0 Å². The minimum Gasteiger partial charge on any atom is -0.292 e. The van der Waals surface area contributed by atoms with E-state index in [0.29, 0.717) is 15.6 Å². The monoisotopic (exact) mass is 304 g/mol. The standard InChI is InChI=1S/C15H10Cl2N2O/c16-12-6-5-10(7-13(12)17)15(20)9-19-14-4-2-1-3-11(14)8-18-19/h1-8H,9H2. The molecule has 1 heterocycles. The first kappa shape index (κ1) is 13.2. The molecule has 0 aliphatic heterocycles. The van der Waals surface area contributed by atoms with Crippen molar-refractivity contribution < 1.29 is 4.79 Å². The summed E-state index contributed by atoms with van der Waals surface area (Å²) >= 11 is 11.8. The van der Waals surface area contributed by atoms with Crippen LogP contribution in [0.3, 0.4) is 0 Å². The lowest BCUT2D eigenvalue weighted by Gasteiger charge is -2.04. The summed E-state index contributed by atoms with van der Waals surface area (Å²) in [4.78, 5) is 12.3. The molecule has 0 aliphatic carbocycles. The second-order valence-corrected chi connectivity index (χ2v) is 5.23. The molecule has 0 radical (unpaired) electrons. The zero-order valence-corrected chi connectivity index (χ0v) is 11.9. The Morgan fingerprint density at radius 3 is 2.70 bits per heavy atom. The van der Waals surface area contributed by atoms with E-state index < -0.39 is 0 Å². The number of Topliss-reactive ketones (excluding diaryl/α,β-unsaturated/α-hetero) is 1. The molecule has 0 unspecified atom stereocenters. The molecule has 3 aromatic rings. The van der Waals surface area contributed by atoms with Gasteiger partial charge in [0.2, 0.25) is 0 Å². The van der Waals surface area contributed by atoms with Crippen LogP contribution < -0.4 is 0 Å². The molecule has 0 saturated carbocycles. The molecule has 100 valence electrons. The van der Waals surface area contributed by atoms with Crippen molar-refractivity contribution in [3.05, 3.63) is 64.3 Å². The molecule has 3 rings (SSSR count). The fraction of sp³-hybridized carbons (Fsp3) is 0.0667. The summed E-state index contributed by atoms with van der Waals surface area (Å²) in [6, 6.07) is 12.6. The molecule has 0 bridgehead atoms. The number of benzene rings is 2. The topological polar surface area (TPSA) is 34.9 Å². The van der Waals surface area contributed by atoms with E-state index in [-0.39, 0.29) is 12.3 Å². The summed E-state index contributed by atoms with van der Waals surface area (Å²) in [5, 5.41) is 6.06. The summed E-state index contributed by atoms with van der Waals surface area (Å²) in [7, 11) is 0. The van der Waals surface area contributed by atoms with E-state index in [0.717, 1.165) is 10.9 Å². The Kier molecular flexibility index (Phi) is 3.47.